The third-order valence-corrected chi connectivity index (χ3v) is 3.90. The Morgan fingerprint density at radius 1 is 1.47 bits per heavy atom. The molecule has 1 aromatic rings. The van der Waals surface area contributed by atoms with Crippen LogP contribution in [-0.4, -0.2) is 0 Å². The maximum Gasteiger partial charge on any atom is 0.0415 e. The summed E-state index contributed by atoms with van der Waals surface area (Å²) < 4.78 is 1.13. The minimum Gasteiger partial charge on any atom is -0.321 e. The molecule has 0 amide bonds. The summed E-state index contributed by atoms with van der Waals surface area (Å²) in [5.74, 6) is 0.846. The van der Waals surface area contributed by atoms with Crippen LogP contribution in [0.25, 0.3) is 0 Å². The van der Waals surface area contributed by atoms with Crippen molar-refractivity contribution in [1.29, 1.82) is 0 Å². The van der Waals surface area contributed by atoms with Crippen LogP contribution in [0.4, 0.5) is 0 Å². The van der Waals surface area contributed by atoms with Crippen LogP contribution in [0, 0.1) is 5.92 Å². The van der Waals surface area contributed by atoms with Gasteiger partial charge in [-0.1, -0.05) is 47.8 Å². The predicted molar refractivity (Wildman–Crippen MR) is 67.6 cm³/mol. The van der Waals surface area contributed by atoms with Gasteiger partial charge >= 0.3 is 0 Å². The van der Waals surface area contributed by atoms with Crippen LogP contribution in [0.5, 0.6) is 0 Å². The average Bonchev–Trinajstić information content (AvgIpc) is 2.15. The Morgan fingerprint density at radius 3 is 2.80 bits per heavy atom. The molecule has 2 N–H and O–H groups in total. The van der Waals surface area contributed by atoms with Crippen molar-refractivity contribution >= 4 is 15.9 Å². The largest absolute Gasteiger partial charge is 0.321 e. The van der Waals surface area contributed by atoms with Crippen molar-refractivity contribution in [3.8, 4) is 0 Å². The number of rotatable bonds is 3. The first kappa shape index (κ1) is 11.2. The van der Waals surface area contributed by atoms with E-state index in [1.54, 1.807) is 0 Å². The second kappa shape index (κ2) is 4.26. The highest BCUT2D eigenvalue weighted by atomic mass is 79.9. The third kappa shape index (κ3) is 2.26. The number of nitrogens with two attached hydrogens (primary N) is 1. The van der Waals surface area contributed by atoms with Gasteiger partial charge in [0.05, 0.1) is 0 Å². The topological polar surface area (TPSA) is 26.0 Å². The minimum absolute atomic E-state index is 0.0520. The van der Waals surface area contributed by atoms with Crippen LogP contribution in [0.15, 0.2) is 28.7 Å². The smallest absolute Gasteiger partial charge is 0.0415 e. The Balaban J connectivity index is 2.06. The molecule has 0 spiro atoms. The van der Waals surface area contributed by atoms with Gasteiger partial charge < -0.3 is 5.73 Å². The van der Waals surface area contributed by atoms with E-state index in [9.17, 15) is 0 Å². The molecule has 1 aliphatic rings. The number of benzene rings is 1. The highest BCUT2D eigenvalue weighted by Crippen LogP contribution is 2.45. The summed E-state index contributed by atoms with van der Waals surface area (Å²) in [6, 6.07) is 8.42. The number of halogens is 1. The molecular formula is C13H18BrN. The summed E-state index contributed by atoms with van der Waals surface area (Å²) in [5, 5.41) is 0. The van der Waals surface area contributed by atoms with Crippen LogP contribution in [0.1, 0.15) is 38.2 Å². The van der Waals surface area contributed by atoms with Crippen molar-refractivity contribution in [1.82, 2.24) is 0 Å². The molecule has 0 saturated heterocycles. The van der Waals surface area contributed by atoms with E-state index in [2.05, 4.69) is 47.1 Å². The van der Waals surface area contributed by atoms with Crippen LogP contribution < -0.4 is 5.73 Å². The maximum absolute atomic E-state index is 6.39. The fourth-order valence-corrected chi connectivity index (χ4v) is 3.02. The first-order chi connectivity index (χ1) is 7.14. The van der Waals surface area contributed by atoms with Crippen LogP contribution in [-0.2, 0) is 5.54 Å². The Kier molecular flexibility index (Phi) is 3.17. The molecule has 82 valence electrons. The van der Waals surface area contributed by atoms with Gasteiger partial charge in [-0.25, -0.2) is 0 Å². The van der Waals surface area contributed by atoms with Gasteiger partial charge in [0.15, 0.2) is 0 Å². The average molecular weight is 268 g/mol. The molecule has 0 radical (unpaired) electrons. The summed E-state index contributed by atoms with van der Waals surface area (Å²) in [5.41, 5.74) is 7.62. The molecule has 1 fully saturated rings. The predicted octanol–water partition coefficient (Wildman–Crippen LogP) is 3.81. The molecule has 0 aliphatic heterocycles. The molecule has 0 bridgehead atoms. The van der Waals surface area contributed by atoms with E-state index in [1.807, 2.05) is 0 Å². The van der Waals surface area contributed by atoms with Gasteiger partial charge in [-0.2, -0.15) is 0 Å². The van der Waals surface area contributed by atoms with Gasteiger partial charge in [0, 0.05) is 10.0 Å². The van der Waals surface area contributed by atoms with Gasteiger partial charge in [0.2, 0.25) is 0 Å². The fraction of sp³-hybridized carbons (Fsp3) is 0.538. The molecular weight excluding hydrogens is 250 g/mol. The molecule has 1 nitrogen and oxygen atoms in total. The van der Waals surface area contributed by atoms with Crippen molar-refractivity contribution in [2.75, 3.05) is 0 Å². The molecule has 15 heavy (non-hydrogen) atoms. The number of hydrogen-bond donors (Lipinski definition) is 1. The SMILES string of the molecule is CCCC1CC(N)(c2cccc(Br)c2)C1. The third-order valence-electron chi connectivity index (χ3n) is 3.40. The second-order valence-electron chi connectivity index (χ2n) is 4.73. The Morgan fingerprint density at radius 2 is 2.20 bits per heavy atom. The normalized spacial score (nSPS) is 29.9. The summed E-state index contributed by atoms with van der Waals surface area (Å²) >= 11 is 3.50. The molecule has 1 aromatic carbocycles. The van der Waals surface area contributed by atoms with E-state index in [0.717, 1.165) is 23.2 Å². The van der Waals surface area contributed by atoms with Crippen molar-refractivity contribution < 1.29 is 0 Å². The van der Waals surface area contributed by atoms with Gasteiger partial charge in [0.1, 0.15) is 0 Å². The lowest BCUT2D eigenvalue weighted by atomic mass is 9.64. The van der Waals surface area contributed by atoms with Crippen LogP contribution in [0.3, 0.4) is 0 Å². The zero-order valence-corrected chi connectivity index (χ0v) is 10.8. The molecule has 0 aromatic heterocycles. The van der Waals surface area contributed by atoms with Crippen molar-refractivity contribution in [2.45, 2.75) is 38.1 Å². The second-order valence-corrected chi connectivity index (χ2v) is 5.65. The number of hydrogen-bond acceptors (Lipinski definition) is 1. The Bertz CT molecular complexity index is 342. The first-order valence-corrected chi connectivity index (χ1v) is 6.48. The molecule has 0 unspecified atom stereocenters. The molecule has 2 heteroatoms. The summed E-state index contributed by atoms with van der Waals surface area (Å²) in [7, 11) is 0. The molecule has 1 saturated carbocycles. The van der Waals surface area contributed by atoms with E-state index in [-0.39, 0.29) is 5.54 Å². The van der Waals surface area contributed by atoms with Gasteiger partial charge in [0.25, 0.3) is 0 Å². The van der Waals surface area contributed by atoms with E-state index in [4.69, 9.17) is 5.73 Å². The molecule has 2 rings (SSSR count). The molecule has 1 aliphatic carbocycles. The summed E-state index contributed by atoms with van der Waals surface area (Å²) in [6.45, 7) is 2.25. The van der Waals surface area contributed by atoms with E-state index >= 15 is 0 Å². The van der Waals surface area contributed by atoms with Crippen molar-refractivity contribution in [2.24, 2.45) is 11.7 Å². The molecule has 0 heterocycles. The lowest BCUT2D eigenvalue weighted by Gasteiger charge is -2.45. The maximum atomic E-state index is 6.39. The minimum atomic E-state index is -0.0520. The lowest BCUT2D eigenvalue weighted by molar-refractivity contribution is 0.138. The summed E-state index contributed by atoms with van der Waals surface area (Å²) in [4.78, 5) is 0. The first-order valence-electron chi connectivity index (χ1n) is 5.69. The van der Waals surface area contributed by atoms with Gasteiger partial charge in [-0.15, -0.1) is 0 Å². The fourth-order valence-electron chi connectivity index (χ4n) is 2.62. The lowest BCUT2D eigenvalue weighted by Crippen LogP contribution is -2.48. The van der Waals surface area contributed by atoms with E-state index in [0.29, 0.717) is 0 Å². The summed E-state index contributed by atoms with van der Waals surface area (Å²) in [6.07, 6.45) is 4.90. The zero-order chi connectivity index (χ0) is 10.9. The quantitative estimate of drug-likeness (QED) is 0.886. The van der Waals surface area contributed by atoms with Crippen LogP contribution >= 0.6 is 15.9 Å². The van der Waals surface area contributed by atoms with Crippen molar-refractivity contribution in [3.63, 3.8) is 0 Å². The van der Waals surface area contributed by atoms with Gasteiger partial charge in [-0.05, 0) is 36.5 Å². The zero-order valence-electron chi connectivity index (χ0n) is 9.17. The highest BCUT2D eigenvalue weighted by molar-refractivity contribution is 9.10. The van der Waals surface area contributed by atoms with E-state index < -0.39 is 0 Å². The van der Waals surface area contributed by atoms with E-state index in [1.165, 1.54) is 18.4 Å². The monoisotopic (exact) mass is 267 g/mol. The van der Waals surface area contributed by atoms with Crippen LogP contribution in [0.2, 0.25) is 0 Å². The molecule has 0 atom stereocenters. The standard InChI is InChI=1S/C13H18BrN/c1-2-4-10-8-13(15,9-10)11-5-3-6-12(14)7-11/h3,5-7,10H,2,4,8-9,15H2,1H3. The Hall–Kier alpha value is -0.340. The van der Waals surface area contributed by atoms with Gasteiger partial charge in [-0.3, -0.25) is 0 Å². The highest BCUT2D eigenvalue weighted by Gasteiger charge is 2.41. The van der Waals surface area contributed by atoms with Crippen molar-refractivity contribution in [3.05, 3.63) is 34.3 Å². The Labute approximate surface area is 100 Å².